The molecule has 0 radical (unpaired) electrons. The first-order valence-electron chi connectivity index (χ1n) is 3.66. The third-order valence-electron chi connectivity index (χ3n) is 1.56. The van der Waals surface area contributed by atoms with Crippen molar-refractivity contribution in [3.63, 3.8) is 0 Å². The minimum atomic E-state index is 0.948. The van der Waals surface area contributed by atoms with Crippen molar-refractivity contribution in [1.82, 2.24) is 0 Å². The van der Waals surface area contributed by atoms with E-state index in [-0.39, 0.29) is 0 Å². The summed E-state index contributed by atoms with van der Waals surface area (Å²) >= 11 is 0. The van der Waals surface area contributed by atoms with Gasteiger partial charge in [0, 0.05) is 0 Å². The first kappa shape index (κ1) is 9.22. The van der Waals surface area contributed by atoms with Crippen LogP contribution in [0.25, 0.3) is 0 Å². The average molecular weight is 136 g/mol. The number of hydrogen-bond donors (Lipinski definition) is 0. The van der Waals surface area contributed by atoms with Crippen LogP contribution in [0.1, 0.15) is 26.7 Å². The highest BCUT2D eigenvalue weighted by molar-refractivity contribution is 5.16. The van der Waals surface area contributed by atoms with Crippen LogP contribution in [0.2, 0.25) is 0 Å². The van der Waals surface area contributed by atoms with Gasteiger partial charge in [-0.1, -0.05) is 43.4 Å². The van der Waals surface area contributed by atoms with Crippen molar-refractivity contribution in [2.24, 2.45) is 0 Å². The first-order valence-corrected chi connectivity index (χ1v) is 3.66. The van der Waals surface area contributed by atoms with Crippen molar-refractivity contribution in [1.29, 1.82) is 0 Å². The Morgan fingerprint density at radius 3 is 2.50 bits per heavy atom. The fraction of sp³-hybridized carbons (Fsp3) is 0.400. The lowest BCUT2D eigenvalue weighted by Crippen LogP contribution is -1.74. The molecule has 0 spiro atoms. The maximum atomic E-state index is 3.82. The van der Waals surface area contributed by atoms with E-state index in [0.717, 1.165) is 18.4 Å². The Labute approximate surface area is 64.0 Å². The van der Waals surface area contributed by atoms with Gasteiger partial charge >= 0.3 is 0 Å². The fourth-order valence-electron chi connectivity index (χ4n) is 0.533. The Morgan fingerprint density at radius 1 is 1.50 bits per heavy atom. The number of hydrogen-bond acceptors (Lipinski definition) is 0. The van der Waals surface area contributed by atoms with Crippen LogP contribution in [-0.2, 0) is 0 Å². The van der Waals surface area contributed by atoms with Gasteiger partial charge in [0.05, 0.1) is 0 Å². The summed E-state index contributed by atoms with van der Waals surface area (Å²) in [5, 5.41) is 0. The van der Waals surface area contributed by atoms with Gasteiger partial charge in [-0.25, -0.2) is 0 Å². The topological polar surface area (TPSA) is 0 Å². The molecule has 10 heavy (non-hydrogen) atoms. The number of allylic oxidation sites excluding steroid dienone is 4. The molecule has 0 amide bonds. The van der Waals surface area contributed by atoms with Crippen molar-refractivity contribution in [3.05, 3.63) is 36.5 Å². The lowest BCUT2D eigenvalue weighted by molar-refractivity contribution is 1.07. The van der Waals surface area contributed by atoms with Crippen LogP contribution in [0.5, 0.6) is 0 Å². The highest BCUT2D eigenvalue weighted by Gasteiger charge is 1.84. The molecule has 0 saturated carbocycles. The van der Waals surface area contributed by atoms with Gasteiger partial charge in [-0.3, -0.25) is 0 Å². The second kappa shape index (κ2) is 5.04. The van der Waals surface area contributed by atoms with Crippen molar-refractivity contribution < 1.29 is 0 Å². The molecule has 0 rings (SSSR count). The summed E-state index contributed by atoms with van der Waals surface area (Å²) in [6.45, 7) is 11.7. The molecular formula is C10H16. The van der Waals surface area contributed by atoms with E-state index in [1.54, 1.807) is 6.08 Å². The molecule has 0 aromatic heterocycles. The third kappa shape index (κ3) is 4.13. The molecule has 0 bridgehead atoms. The minimum Gasteiger partial charge on any atom is -0.0988 e. The monoisotopic (exact) mass is 136 g/mol. The highest BCUT2D eigenvalue weighted by Crippen LogP contribution is 2.05. The van der Waals surface area contributed by atoms with Crippen molar-refractivity contribution in [3.8, 4) is 0 Å². The summed E-state index contributed by atoms with van der Waals surface area (Å²) in [6, 6.07) is 0. The van der Waals surface area contributed by atoms with Gasteiger partial charge in [-0.05, 0) is 19.8 Å². The molecule has 0 aromatic rings. The van der Waals surface area contributed by atoms with E-state index in [1.807, 2.05) is 0 Å². The van der Waals surface area contributed by atoms with Gasteiger partial charge in [-0.2, -0.15) is 0 Å². The van der Waals surface area contributed by atoms with Crippen LogP contribution in [0.4, 0.5) is 0 Å². The molecule has 0 aliphatic carbocycles. The summed E-state index contributed by atoms with van der Waals surface area (Å²) in [5.74, 6) is 0. The van der Waals surface area contributed by atoms with Crippen LogP contribution in [0.15, 0.2) is 36.5 Å². The molecule has 0 saturated heterocycles. The predicted octanol–water partition coefficient (Wildman–Crippen LogP) is 3.48. The normalized spacial score (nSPS) is 11.2. The minimum absolute atomic E-state index is 0.948. The molecule has 0 N–H and O–H groups in total. The molecule has 0 aromatic carbocycles. The summed E-state index contributed by atoms with van der Waals surface area (Å²) in [6.07, 6.45) is 6.08. The molecule has 0 aliphatic heterocycles. The molecule has 0 unspecified atom stereocenters. The average Bonchev–Trinajstić information content (AvgIpc) is 1.99. The summed E-state index contributed by atoms with van der Waals surface area (Å²) in [5.41, 5.74) is 2.51. The van der Waals surface area contributed by atoms with E-state index in [9.17, 15) is 0 Å². The van der Waals surface area contributed by atoms with Crippen LogP contribution in [0.3, 0.4) is 0 Å². The van der Waals surface area contributed by atoms with E-state index in [2.05, 4.69) is 33.1 Å². The Balaban J connectivity index is 3.71. The molecule has 56 valence electrons. The zero-order valence-corrected chi connectivity index (χ0v) is 6.98. The smallest absolute Gasteiger partial charge is 0.0101 e. The third-order valence-corrected chi connectivity index (χ3v) is 1.56. The maximum Gasteiger partial charge on any atom is -0.0101 e. The second-order valence-corrected chi connectivity index (χ2v) is 2.47. The van der Waals surface area contributed by atoms with Crippen molar-refractivity contribution >= 4 is 0 Å². The predicted molar refractivity (Wildman–Crippen MR) is 48.0 cm³/mol. The van der Waals surface area contributed by atoms with E-state index < -0.39 is 0 Å². The largest absolute Gasteiger partial charge is 0.0988 e. The SMILES string of the molecule is C=CC(=C)CC=C(C)CC. The molecule has 0 nitrogen and oxygen atoms in total. The lowest BCUT2D eigenvalue weighted by atomic mass is 10.1. The van der Waals surface area contributed by atoms with Gasteiger partial charge < -0.3 is 0 Å². The van der Waals surface area contributed by atoms with Gasteiger partial charge in [0.2, 0.25) is 0 Å². The van der Waals surface area contributed by atoms with Gasteiger partial charge in [0.25, 0.3) is 0 Å². The number of rotatable bonds is 4. The Hall–Kier alpha value is -0.780. The zero-order chi connectivity index (χ0) is 7.98. The fourth-order valence-corrected chi connectivity index (χ4v) is 0.533. The molecule has 0 heterocycles. The van der Waals surface area contributed by atoms with Crippen LogP contribution in [0, 0.1) is 0 Å². The van der Waals surface area contributed by atoms with E-state index >= 15 is 0 Å². The van der Waals surface area contributed by atoms with Crippen molar-refractivity contribution in [2.45, 2.75) is 26.7 Å². The van der Waals surface area contributed by atoms with Crippen LogP contribution in [-0.4, -0.2) is 0 Å². The summed E-state index contributed by atoms with van der Waals surface area (Å²) in [7, 11) is 0. The van der Waals surface area contributed by atoms with Gasteiger partial charge in [-0.15, -0.1) is 0 Å². The van der Waals surface area contributed by atoms with Crippen LogP contribution < -0.4 is 0 Å². The van der Waals surface area contributed by atoms with E-state index in [4.69, 9.17) is 0 Å². The molecule has 0 atom stereocenters. The molecule has 0 heteroatoms. The van der Waals surface area contributed by atoms with E-state index in [0.29, 0.717) is 0 Å². The van der Waals surface area contributed by atoms with Crippen LogP contribution >= 0.6 is 0 Å². The molecule has 0 aliphatic rings. The van der Waals surface area contributed by atoms with Crippen molar-refractivity contribution in [2.75, 3.05) is 0 Å². The summed E-state index contributed by atoms with van der Waals surface area (Å²) < 4.78 is 0. The maximum absolute atomic E-state index is 3.82. The molecular weight excluding hydrogens is 120 g/mol. The first-order chi connectivity index (χ1) is 4.70. The van der Waals surface area contributed by atoms with Gasteiger partial charge in [0.15, 0.2) is 0 Å². The summed E-state index contributed by atoms with van der Waals surface area (Å²) in [4.78, 5) is 0. The lowest BCUT2D eigenvalue weighted by Gasteiger charge is -1.95. The Morgan fingerprint density at radius 2 is 2.10 bits per heavy atom. The molecule has 0 fully saturated rings. The quantitative estimate of drug-likeness (QED) is 0.410. The second-order valence-electron chi connectivity index (χ2n) is 2.47. The zero-order valence-electron chi connectivity index (χ0n) is 6.98. The standard InChI is InChI=1S/C10H16/c1-5-9(3)7-8-10(4)6-2/h5,8H,1,3,6-7H2,2,4H3. The highest BCUT2D eigenvalue weighted by atomic mass is 13.9. The Bertz CT molecular complexity index is 149. The Kier molecular flexibility index (Phi) is 4.65. The van der Waals surface area contributed by atoms with Gasteiger partial charge in [0.1, 0.15) is 0 Å². The van der Waals surface area contributed by atoms with E-state index in [1.165, 1.54) is 5.57 Å².